The maximum atomic E-state index is 15.2. The van der Waals surface area contributed by atoms with Crippen molar-refractivity contribution in [1.82, 2.24) is 24.8 Å². The fourth-order valence-corrected chi connectivity index (χ4v) is 10.2. The molecular weight excluding hydrogens is 853 g/mol. The molecule has 3 fully saturated rings. The van der Waals surface area contributed by atoms with Crippen LogP contribution in [0.5, 0.6) is 17.2 Å². The number of halogens is 2. The van der Waals surface area contributed by atoms with Gasteiger partial charge in [0.1, 0.15) is 46.5 Å². The highest BCUT2D eigenvalue weighted by Crippen LogP contribution is 2.46. The Hall–Kier alpha value is -5.52. The Morgan fingerprint density at radius 2 is 1.75 bits per heavy atom. The van der Waals surface area contributed by atoms with E-state index >= 15 is 4.79 Å². The number of methoxy groups -OCH3 is 1. The van der Waals surface area contributed by atoms with Crippen LogP contribution in [0.25, 0.3) is 22.2 Å². The summed E-state index contributed by atoms with van der Waals surface area (Å²) >= 11 is 0. The predicted molar refractivity (Wildman–Crippen MR) is 234 cm³/mol. The monoisotopic (exact) mass is 909 g/mol. The van der Waals surface area contributed by atoms with E-state index in [0.29, 0.717) is 77.3 Å². The van der Waals surface area contributed by atoms with Gasteiger partial charge in [0.05, 0.1) is 36.2 Å². The van der Waals surface area contributed by atoms with Gasteiger partial charge in [0.2, 0.25) is 21.8 Å². The maximum Gasteiger partial charge on any atom is 0.408 e. The summed E-state index contributed by atoms with van der Waals surface area (Å²) in [5, 5.41) is 13.2. The number of ether oxygens (including phenoxy) is 3. The summed E-state index contributed by atoms with van der Waals surface area (Å²) in [6.45, 7) is 7.34. The number of nitrogens with zero attached hydrogens (tertiary/aromatic N) is 3. The summed E-state index contributed by atoms with van der Waals surface area (Å²) in [5.41, 5.74) is -2.21. The number of fused-ring (bicyclic) bond motifs is 3. The molecule has 18 heteroatoms. The lowest BCUT2D eigenvalue weighted by molar-refractivity contribution is -0.148. The maximum absolute atomic E-state index is 15.2. The third kappa shape index (κ3) is 9.61. The Morgan fingerprint density at radius 1 is 1.05 bits per heavy atom. The van der Waals surface area contributed by atoms with Gasteiger partial charge in [-0.15, -0.1) is 0 Å². The normalized spacial score (nSPS) is 26.0. The van der Waals surface area contributed by atoms with E-state index in [1.54, 1.807) is 37.3 Å². The van der Waals surface area contributed by atoms with Crippen LogP contribution in [0.15, 0.2) is 60.7 Å². The predicted octanol–water partition coefficient (Wildman–Crippen LogP) is 6.69. The molecule has 0 spiro atoms. The molecule has 4 amide bonds. The molecule has 0 bridgehead atoms. The van der Waals surface area contributed by atoms with Gasteiger partial charge in [0.25, 0.3) is 12.3 Å². The highest BCUT2D eigenvalue weighted by Gasteiger charge is 2.62. The first-order chi connectivity index (χ1) is 30.2. The molecule has 15 nitrogen and oxygen atoms in total. The number of benzene rings is 2. The number of amides is 4. The molecule has 1 saturated heterocycles. The van der Waals surface area contributed by atoms with Crippen molar-refractivity contribution in [3.05, 3.63) is 60.7 Å². The molecule has 2 saturated carbocycles. The number of rotatable bonds is 12. The largest absolute Gasteiger partial charge is 0.497 e. The number of alkyl halides is 2. The number of allylic oxidation sites excluding steroid dienone is 1. The molecule has 3 N–H and O–H groups in total. The average Bonchev–Trinajstić information content (AvgIpc) is 4.17. The lowest BCUT2D eigenvalue weighted by Crippen LogP contribution is -2.64. The fourth-order valence-electron chi connectivity index (χ4n) is 8.80. The summed E-state index contributed by atoms with van der Waals surface area (Å²) in [7, 11) is -2.48. The van der Waals surface area contributed by atoms with Gasteiger partial charge >= 0.3 is 6.09 Å². The van der Waals surface area contributed by atoms with Crippen molar-refractivity contribution in [2.24, 2.45) is 11.8 Å². The van der Waals surface area contributed by atoms with Crippen LogP contribution >= 0.6 is 0 Å². The Balaban J connectivity index is 1.29. The second kappa shape index (κ2) is 18.2. The lowest BCUT2D eigenvalue weighted by Gasteiger charge is -2.44. The minimum atomic E-state index is -4.01. The SMILES string of the molecule is COc1ccc2c(O[C@@H]3C[C@H]4C(=O)N[C@]5(C(=O)NS(=O)(=O)C6CC6)C[C@H]5/C=C\CCCC[C@@H](C)[C@H](N(C(=O)O)C(C)(C)C(F)F)C(=O)N4C3)cc(-c3ccc(OC(C)C)cc3)nc2c1. The van der Waals surface area contributed by atoms with Crippen molar-refractivity contribution in [3.8, 4) is 28.5 Å². The lowest BCUT2D eigenvalue weighted by atomic mass is 9.89. The molecule has 7 rings (SSSR count). The molecule has 64 heavy (non-hydrogen) atoms. The van der Waals surface area contributed by atoms with Crippen molar-refractivity contribution in [2.75, 3.05) is 13.7 Å². The summed E-state index contributed by atoms with van der Waals surface area (Å²) in [6.07, 6.45) is 0.438. The molecule has 6 atom stereocenters. The summed E-state index contributed by atoms with van der Waals surface area (Å²) in [4.78, 5) is 63.4. The Bertz CT molecular complexity index is 2410. The fraction of sp³-hybridized carbons (Fsp3) is 0.543. The first-order valence-corrected chi connectivity index (χ1v) is 23.4. The van der Waals surface area contributed by atoms with Crippen molar-refractivity contribution in [3.63, 3.8) is 0 Å². The molecule has 3 heterocycles. The van der Waals surface area contributed by atoms with E-state index in [0.717, 1.165) is 19.4 Å². The molecule has 2 aromatic carbocycles. The van der Waals surface area contributed by atoms with Gasteiger partial charge in [-0.3, -0.25) is 24.0 Å². The Morgan fingerprint density at radius 3 is 2.39 bits per heavy atom. The number of carbonyl (C=O) groups is 4. The standard InChI is InChI=1S/C46H57F2N5O10S/c1-26(2)62-30-15-13-28(14-16-30)35-23-38(34-20-17-31(61-6)21-36(34)49-35)63-32-22-37-40(54)50-46(43(56)51-64(59,60)33-18-19-33)24-29(46)12-10-8-7-9-11-27(3)39(41(55)52(37)25-32)53(44(57)58)45(4,5)42(47)48/h10,12-17,20-21,23,26-27,29,32-33,37,39,42H,7-9,11,18-19,22,24-25H2,1-6H3,(H,50,54)(H,51,56)(H,57,58)/b12-10-/t27-,29-,32-,37+,39+,46-/m1/s1. The van der Waals surface area contributed by atoms with E-state index in [1.165, 1.54) is 12.0 Å². The van der Waals surface area contributed by atoms with E-state index in [4.69, 9.17) is 19.2 Å². The van der Waals surface area contributed by atoms with Gasteiger partial charge < -0.3 is 29.5 Å². The smallest absolute Gasteiger partial charge is 0.408 e. The van der Waals surface area contributed by atoms with Gasteiger partial charge in [0, 0.05) is 35.4 Å². The van der Waals surface area contributed by atoms with Gasteiger partial charge in [-0.25, -0.2) is 27.0 Å². The average molecular weight is 910 g/mol. The summed E-state index contributed by atoms with van der Waals surface area (Å²) in [5.74, 6) is -2.36. The number of pyridine rings is 1. The number of aromatic nitrogens is 1. The van der Waals surface area contributed by atoms with Crippen LogP contribution in [0.2, 0.25) is 0 Å². The topological polar surface area (TPSA) is 194 Å². The highest BCUT2D eigenvalue weighted by molar-refractivity contribution is 7.91. The molecule has 0 unspecified atom stereocenters. The Labute approximate surface area is 371 Å². The van der Waals surface area contributed by atoms with Crippen LogP contribution in [0, 0.1) is 11.8 Å². The third-order valence-electron chi connectivity index (χ3n) is 12.7. The number of nitrogens with one attached hydrogen (secondary N) is 2. The van der Waals surface area contributed by atoms with Crippen molar-refractivity contribution in [2.45, 2.75) is 133 Å². The van der Waals surface area contributed by atoms with E-state index in [2.05, 4.69) is 10.0 Å². The van der Waals surface area contributed by atoms with Gasteiger partial charge in [-0.1, -0.05) is 25.5 Å². The minimum Gasteiger partial charge on any atom is -0.497 e. The van der Waals surface area contributed by atoms with Crippen LogP contribution in [-0.4, -0.2) is 113 Å². The van der Waals surface area contributed by atoms with E-state index in [9.17, 15) is 36.7 Å². The van der Waals surface area contributed by atoms with Crippen LogP contribution < -0.4 is 24.2 Å². The molecule has 2 aliphatic heterocycles. The van der Waals surface area contributed by atoms with Gasteiger partial charge in [-0.2, -0.15) is 0 Å². The number of carboxylic acid groups (broad SMARTS) is 1. The van der Waals surface area contributed by atoms with E-state index in [1.807, 2.05) is 44.2 Å². The van der Waals surface area contributed by atoms with Crippen molar-refractivity contribution >= 4 is 44.7 Å². The molecule has 2 aliphatic carbocycles. The molecule has 3 aromatic rings. The Kier molecular flexibility index (Phi) is 13.2. The zero-order valence-corrected chi connectivity index (χ0v) is 37.7. The molecule has 4 aliphatic rings. The van der Waals surface area contributed by atoms with Crippen molar-refractivity contribution < 1.29 is 55.7 Å². The molecule has 346 valence electrons. The molecule has 0 radical (unpaired) electrons. The highest BCUT2D eigenvalue weighted by atomic mass is 32.2. The van der Waals surface area contributed by atoms with Crippen LogP contribution in [-0.2, 0) is 24.4 Å². The van der Waals surface area contributed by atoms with Gasteiger partial charge in [0.15, 0.2) is 0 Å². The summed E-state index contributed by atoms with van der Waals surface area (Å²) < 4.78 is 75.7. The van der Waals surface area contributed by atoms with Crippen molar-refractivity contribution in [1.29, 1.82) is 0 Å². The quantitative estimate of drug-likeness (QED) is 0.164. The second-order valence-electron chi connectivity index (χ2n) is 18.3. The van der Waals surface area contributed by atoms with E-state index in [-0.39, 0.29) is 25.5 Å². The zero-order valence-electron chi connectivity index (χ0n) is 36.9. The molecular formula is C46H57F2N5O10S. The van der Waals surface area contributed by atoms with Crippen LogP contribution in [0.3, 0.4) is 0 Å². The number of sulfonamides is 1. The first-order valence-electron chi connectivity index (χ1n) is 21.8. The zero-order chi connectivity index (χ0) is 46.3. The van der Waals surface area contributed by atoms with E-state index < -0.39 is 86.6 Å². The number of hydrogen-bond donors (Lipinski definition) is 3. The second-order valence-corrected chi connectivity index (χ2v) is 20.2. The number of carbonyl (C=O) groups excluding carboxylic acids is 3. The minimum absolute atomic E-state index is 0.0399. The number of hydrogen-bond acceptors (Lipinski definition) is 10. The van der Waals surface area contributed by atoms with Crippen LogP contribution in [0.4, 0.5) is 13.6 Å². The third-order valence-corrected chi connectivity index (χ3v) is 14.5. The van der Waals surface area contributed by atoms with Gasteiger partial charge in [-0.05, 0) is 109 Å². The van der Waals surface area contributed by atoms with Crippen LogP contribution in [0.1, 0.15) is 86.0 Å². The first kappa shape index (κ1) is 46.5. The summed E-state index contributed by atoms with van der Waals surface area (Å²) in [6, 6.07) is 11.3. The molecule has 1 aromatic heterocycles.